The first-order chi connectivity index (χ1) is 8.52. The van der Waals surface area contributed by atoms with E-state index in [4.69, 9.17) is 5.11 Å². The molecule has 0 bridgehead atoms. The van der Waals surface area contributed by atoms with Gasteiger partial charge in [-0.1, -0.05) is 0 Å². The highest BCUT2D eigenvalue weighted by Crippen LogP contribution is 2.01. The molecule has 0 fully saturated rings. The zero-order valence-corrected chi connectivity index (χ0v) is 9.47. The van der Waals surface area contributed by atoms with Crippen LogP contribution in [0.5, 0.6) is 0 Å². The number of carboxylic acid groups (broad SMARTS) is 1. The number of aromatic amines is 1. The molecule has 0 aliphatic rings. The summed E-state index contributed by atoms with van der Waals surface area (Å²) in [4.78, 5) is 33.2. The van der Waals surface area contributed by atoms with Gasteiger partial charge < -0.3 is 20.5 Å². The molecule has 2 amide bonds. The Morgan fingerprint density at radius 3 is 2.78 bits per heavy atom. The lowest BCUT2D eigenvalue weighted by atomic mass is 10.2. The van der Waals surface area contributed by atoms with Crippen LogP contribution in [0.3, 0.4) is 0 Å². The standard InChI is InChI=1S/C9H12N4O5/c1-18-7(14)2-6(8(15)16)13-9(17)12-5-3-10-11-4-5/h3-4,6H,2H2,1H3,(H,10,11)(H,15,16)(H2,12,13,17)/t6-/m0/s1. The normalized spacial score (nSPS) is 11.4. The molecule has 0 saturated carbocycles. The van der Waals surface area contributed by atoms with Crippen molar-refractivity contribution in [2.45, 2.75) is 12.5 Å². The maximum atomic E-state index is 11.4. The summed E-state index contributed by atoms with van der Waals surface area (Å²) in [5.74, 6) is -2.06. The van der Waals surface area contributed by atoms with Crippen LogP contribution in [0.25, 0.3) is 0 Å². The molecule has 0 aromatic carbocycles. The van der Waals surface area contributed by atoms with Crippen molar-refractivity contribution in [2.24, 2.45) is 0 Å². The Balaban J connectivity index is 2.52. The summed E-state index contributed by atoms with van der Waals surface area (Å²) in [5, 5.41) is 19.4. The molecular weight excluding hydrogens is 244 g/mol. The van der Waals surface area contributed by atoms with Gasteiger partial charge in [-0.3, -0.25) is 9.89 Å². The molecule has 0 aliphatic heterocycles. The van der Waals surface area contributed by atoms with Crippen molar-refractivity contribution in [1.82, 2.24) is 15.5 Å². The maximum Gasteiger partial charge on any atom is 0.326 e. The zero-order chi connectivity index (χ0) is 13.5. The van der Waals surface area contributed by atoms with Gasteiger partial charge in [0.15, 0.2) is 0 Å². The highest BCUT2D eigenvalue weighted by Gasteiger charge is 2.23. The average Bonchev–Trinajstić information content (AvgIpc) is 2.80. The summed E-state index contributed by atoms with van der Waals surface area (Å²) in [5.41, 5.74) is 0.370. The Bertz CT molecular complexity index is 430. The number of hydrogen-bond donors (Lipinski definition) is 4. The fourth-order valence-corrected chi connectivity index (χ4v) is 1.09. The molecule has 1 atom stereocenters. The Kier molecular flexibility index (Phi) is 4.67. The molecule has 9 heteroatoms. The predicted octanol–water partition coefficient (Wildman–Crippen LogP) is -0.452. The second-order valence-electron chi connectivity index (χ2n) is 3.26. The van der Waals surface area contributed by atoms with Gasteiger partial charge in [0.05, 0.1) is 25.4 Å². The van der Waals surface area contributed by atoms with E-state index in [9.17, 15) is 14.4 Å². The van der Waals surface area contributed by atoms with Gasteiger partial charge in [0.1, 0.15) is 6.04 Å². The van der Waals surface area contributed by atoms with Crippen LogP contribution in [0.2, 0.25) is 0 Å². The number of aromatic nitrogens is 2. The Morgan fingerprint density at radius 1 is 1.56 bits per heavy atom. The summed E-state index contributed by atoms with van der Waals surface area (Å²) in [6.07, 6.45) is 2.30. The number of nitrogens with zero attached hydrogens (tertiary/aromatic N) is 1. The van der Waals surface area contributed by atoms with Crippen molar-refractivity contribution in [3.05, 3.63) is 12.4 Å². The van der Waals surface area contributed by atoms with Gasteiger partial charge in [-0.05, 0) is 0 Å². The fourth-order valence-electron chi connectivity index (χ4n) is 1.09. The van der Waals surface area contributed by atoms with Gasteiger partial charge in [-0.15, -0.1) is 0 Å². The van der Waals surface area contributed by atoms with Crippen LogP contribution in [0.1, 0.15) is 6.42 Å². The summed E-state index contributed by atoms with van der Waals surface area (Å²) in [6.45, 7) is 0. The first-order valence-electron chi connectivity index (χ1n) is 4.89. The molecule has 1 rings (SSSR count). The number of rotatable bonds is 5. The molecule has 0 spiro atoms. The van der Waals surface area contributed by atoms with Crippen LogP contribution in [0, 0.1) is 0 Å². The molecule has 0 radical (unpaired) electrons. The van der Waals surface area contributed by atoms with Crippen LogP contribution >= 0.6 is 0 Å². The first kappa shape index (κ1) is 13.5. The summed E-state index contributed by atoms with van der Waals surface area (Å²) in [6, 6.07) is -2.11. The van der Waals surface area contributed by atoms with Crippen molar-refractivity contribution >= 4 is 23.7 Å². The first-order valence-corrected chi connectivity index (χ1v) is 4.89. The lowest BCUT2D eigenvalue weighted by Gasteiger charge is -2.13. The van der Waals surface area contributed by atoms with Crippen molar-refractivity contribution in [3.8, 4) is 0 Å². The van der Waals surface area contributed by atoms with Crippen molar-refractivity contribution in [3.63, 3.8) is 0 Å². The lowest BCUT2D eigenvalue weighted by Crippen LogP contribution is -2.44. The third-order valence-corrected chi connectivity index (χ3v) is 1.96. The molecular formula is C9H12N4O5. The van der Waals surface area contributed by atoms with E-state index in [0.717, 1.165) is 7.11 Å². The number of ether oxygens (including phenoxy) is 1. The van der Waals surface area contributed by atoms with E-state index < -0.39 is 30.4 Å². The number of nitrogens with one attached hydrogen (secondary N) is 3. The third kappa shape index (κ3) is 4.12. The van der Waals surface area contributed by atoms with E-state index in [1.165, 1.54) is 12.4 Å². The van der Waals surface area contributed by atoms with E-state index in [-0.39, 0.29) is 0 Å². The van der Waals surface area contributed by atoms with Gasteiger partial charge in [-0.25, -0.2) is 9.59 Å². The highest BCUT2D eigenvalue weighted by molar-refractivity contribution is 5.93. The van der Waals surface area contributed by atoms with Crippen LogP contribution in [0.15, 0.2) is 12.4 Å². The third-order valence-electron chi connectivity index (χ3n) is 1.96. The number of carbonyl (C=O) groups is 3. The van der Waals surface area contributed by atoms with Gasteiger partial charge >= 0.3 is 18.0 Å². The van der Waals surface area contributed by atoms with Crippen molar-refractivity contribution in [2.75, 3.05) is 12.4 Å². The van der Waals surface area contributed by atoms with E-state index in [2.05, 4.69) is 25.6 Å². The molecule has 0 aliphatic carbocycles. The molecule has 98 valence electrons. The van der Waals surface area contributed by atoms with Gasteiger partial charge in [0, 0.05) is 6.20 Å². The molecule has 0 saturated heterocycles. The quantitative estimate of drug-likeness (QED) is 0.527. The lowest BCUT2D eigenvalue weighted by molar-refractivity contribution is -0.147. The Labute approximate surface area is 102 Å². The van der Waals surface area contributed by atoms with Crippen LogP contribution in [-0.2, 0) is 14.3 Å². The predicted molar refractivity (Wildman–Crippen MR) is 58.8 cm³/mol. The second kappa shape index (κ2) is 6.23. The van der Waals surface area contributed by atoms with E-state index in [0.29, 0.717) is 5.69 Å². The monoisotopic (exact) mass is 256 g/mol. The number of esters is 1. The molecule has 1 aromatic heterocycles. The second-order valence-corrected chi connectivity index (χ2v) is 3.26. The summed E-state index contributed by atoms with van der Waals surface area (Å²) < 4.78 is 4.33. The van der Waals surface area contributed by atoms with E-state index in [1.54, 1.807) is 0 Å². The molecule has 18 heavy (non-hydrogen) atoms. The van der Waals surface area contributed by atoms with E-state index >= 15 is 0 Å². The number of carboxylic acids is 1. The maximum absolute atomic E-state index is 11.4. The topological polar surface area (TPSA) is 133 Å². The van der Waals surface area contributed by atoms with Gasteiger partial charge in [0.25, 0.3) is 0 Å². The molecule has 4 N–H and O–H groups in total. The average molecular weight is 256 g/mol. The minimum absolute atomic E-state index is 0.370. The molecule has 0 unspecified atom stereocenters. The number of anilines is 1. The molecule has 1 heterocycles. The van der Waals surface area contributed by atoms with Crippen LogP contribution in [0.4, 0.5) is 10.5 Å². The van der Waals surface area contributed by atoms with Crippen LogP contribution < -0.4 is 10.6 Å². The summed E-state index contributed by atoms with van der Waals surface area (Å²) >= 11 is 0. The number of aliphatic carboxylic acids is 1. The number of H-pyrrole nitrogens is 1. The number of methoxy groups -OCH3 is 1. The van der Waals surface area contributed by atoms with E-state index in [1.807, 2.05) is 0 Å². The minimum atomic E-state index is -1.36. The number of carbonyl (C=O) groups excluding carboxylic acids is 2. The SMILES string of the molecule is COC(=O)C[C@H](NC(=O)Nc1cn[nH]c1)C(=O)O. The smallest absolute Gasteiger partial charge is 0.326 e. The largest absolute Gasteiger partial charge is 0.480 e. The summed E-state index contributed by atoms with van der Waals surface area (Å²) in [7, 11) is 1.13. The number of amides is 2. The minimum Gasteiger partial charge on any atom is -0.480 e. The van der Waals surface area contributed by atoms with Crippen LogP contribution in [-0.4, -0.2) is 46.4 Å². The fraction of sp³-hybridized carbons (Fsp3) is 0.333. The number of urea groups is 1. The highest BCUT2D eigenvalue weighted by atomic mass is 16.5. The van der Waals surface area contributed by atoms with Gasteiger partial charge in [-0.2, -0.15) is 5.10 Å². The molecule has 9 nitrogen and oxygen atoms in total. The Morgan fingerprint density at radius 2 is 2.28 bits per heavy atom. The van der Waals surface area contributed by atoms with Crippen molar-refractivity contribution in [1.29, 1.82) is 0 Å². The Hall–Kier alpha value is -2.58. The molecule has 1 aromatic rings. The van der Waals surface area contributed by atoms with Gasteiger partial charge in [0.2, 0.25) is 0 Å². The van der Waals surface area contributed by atoms with Crippen molar-refractivity contribution < 1.29 is 24.2 Å². The number of hydrogen-bond acceptors (Lipinski definition) is 5. The zero-order valence-electron chi connectivity index (χ0n) is 9.47.